The number of rotatable bonds is 6. The molecule has 4 rings (SSSR count). The van der Waals surface area contributed by atoms with Gasteiger partial charge in [0.1, 0.15) is 5.75 Å². The van der Waals surface area contributed by atoms with E-state index < -0.39 is 10.5 Å². The Bertz CT molecular complexity index is 963. The maximum atomic E-state index is 12.8. The van der Waals surface area contributed by atoms with Gasteiger partial charge in [-0.05, 0) is 49.1 Å². The Morgan fingerprint density at radius 1 is 1.19 bits per heavy atom. The van der Waals surface area contributed by atoms with E-state index in [4.69, 9.17) is 4.74 Å². The van der Waals surface area contributed by atoms with E-state index in [9.17, 15) is 20.0 Å². The Balaban J connectivity index is 1.53. The molecule has 1 amide bonds. The van der Waals surface area contributed by atoms with Gasteiger partial charge in [0, 0.05) is 36.3 Å². The average Bonchev–Trinajstić information content (AvgIpc) is 2.79. The number of methoxy groups -OCH3 is 1. The second-order valence-corrected chi connectivity index (χ2v) is 8.75. The summed E-state index contributed by atoms with van der Waals surface area (Å²) in [5.74, 6) is 0.648. The van der Waals surface area contributed by atoms with Crippen molar-refractivity contribution in [3.05, 3.63) is 64.2 Å². The molecular formula is C24H29N3O5. The number of benzene rings is 2. The summed E-state index contributed by atoms with van der Waals surface area (Å²) >= 11 is 0. The number of carbonyl (C=O) groups is 1. The Kier molecular flexibility index (Phi) is 6.43. The number of non-ortho nitro benzene ring substituents is 1. The molecule has 0 spiro atoms. The summed E-state index contributed by atoms with van der Waals surface area (Å²) < 4.78 is 5.29. The standard InChI is InChI=1S/C24H29N3O5/c1-32-20-11-5-17(6-12-20)23-21-4-2-3-13-24(21,29)14-15-26(23)16-22(28)25-18-7-9-19(10-8-18)27(30)31/h5-12,21,23,29H,2-4,13-16H2,1H3,(H,25,28)/t21-,23+,24-/m0/s1. The molecule has 32 heavy (non-hydrogen) atoms. The number of hydrogen-bond donors (Lipinski definition) is 2. The molecule has 170 valence electrons. The number of ether oxygens (including phenoxy) is 1. The first-order valence-corrected chi connectivity index (χ1v) is 11.0. The first-order valence-electron chi connectivity index (χ1n) is 11.0. The predicted molar refractivity (Wildman–Crippen MR) is 121 cm³/mol. The number of likely N-dealkylation sites (tertiary alicyclic amines) is 1. The second-order valence-electron chi connectivity index (χ2n) is 8.75. The Hall–Kier alpha value is -2.97. The van der Waals surface area contributed by atoms with Crippen molar-refractivity contribution in [3.8, 4) is 5.75 Å². The third-order valence-corrected chi connectivity index (χ3v) is 6.84. The lowest BCUT2D eigenvalue weighted by Gasteiger charge is -2.52. The van der Waals surface area contributed by atoms with Crippen molar-refractivity contribution in [1.82, 2.24) is 4.90 Å². The summed E-state index contributed by atoms with van der Waals surface area (Å²) in [6, 6.07) is 13.6. The molecule has 3 atom stereocenters. The van der Waals surface area contributed by atoms with Gasteiger partial charge in [0.15, 0.2) is 0 Å². The minimum absolute atomic E-state index is 0.0183. The normalized spacial score (nSPS) is 25.6. The second kappa shape index (κ2) is 9.26. The predicted octanol–water partition coefficient (Wildman–Crippen LogP) is 3.91. The van der Waals surface area contributed by atoms with Crippen LogP contribution in [0.4, 0.5) is 11.4 Å². The number of amides is 1. The fraction of sp³-hybridized carbons (Fsp3) is 0.458. The maximum Gasteiger partial charge on any atom is 0.269 e. The highest BCUT2D eigenvalue weighted by Gasteiger charge is 2.49. The summed E-state index contributed by atoms with van der Waals surface area (Å²) in [4.78, 5) is 25.4. The SMILES string of the molecule is COc1ccc([C@@H]2[C@@H]3CCCC[C@]3(O)CCN2CC(=O)Nc2ccc([N+](=O)[O-])cc2)cc1. The van der Waals surface area contributed by atoms with Gasteiger partial charge < -0.3 is 15.2 Å². The van der Waals surface area contributed by atoms with Crippen molar-refractivity contribution in [3.63, 3.8) is 0 Å². The lowest BCUT2D eigenvalue weighted by Crippen LogP contribution is -2.56. The third-order valence-electron chi connectivity index (χ3n) is 6.84. The molecular weight excluding hydrogens is 410 g/mol. The highest BCUT2D eigenvalue weighted by molar-refractivity contribution is 5.92. The number of piperidine rings is 1. The minimum atomic E-state index is -0.700. The van der Waals surface area contributed by atoms with Gasteiger partial charge in [-0.1, -0.05) is 25.0 Å². The molecule has 0 bridgehead atoms. The van der Waals surface area contributed by atoms with Crippen LogP contribution in [-0.4, -0.2) is 46.6 Å². The van der Waals surface area contributed by atoms with Crippen LogP contribution in [0.5, 0.6) is 5.75 Å². The van der Waals surface area contributed by atoms with E-state index in [0.717, 1.165) is 37.0 Å². The van der Waals surface area contributed by atoms with E-state index in [2.05, 4.69) is 10.2 Å². The summed E-state index contributed by atoms with van der Waals surface area (Å²) in [7, 11) is 1.63. The number of fused-ring (bicyclic) bond motifs is 1. The van der Waals surface area contributed by atoms with Crippen LogP contribution in [0.15, 0.2) is 48.5 Å². The zero-order chi connectivity index (χ0) is 22.7. The largest absolute Gasteiger partial charge is 0.497 e. The van der Waals surface area contributed by atoms with Crippen LogP contribution in [0.1, 0.15) is 43.7 Å². The van der Waals surface area contributed by atoms with E-state index in [1.165, 1.54) is 24.3 Å². The fourth-order valence-electron chi connectivity index (χ4n) is 5.22. The Morgan fingerprint density at radius 3 is 2.56 bits per heavy atom. The number of hydrogen-bond acceptors (Lipinski definition) is 6. The first-order chi connectivity index (χ1) is 15.4. The number of nitro groups is 1. The summed E-state index contributed by atoms with van der Waals surface area (Å²) in [5.41, 5.74) is 0.871. The number of carbonyl (C=O) groups excluding carboxylic acids is 1. The summed E-state index contributed by atoms with van der Waals surface area (Å²) in [5, 5.41) is 25.0. The Morgan fingerprint density at radius 2 is 1.91 bits per heavy atom. The molecule has 2 fully saturated rings. The van der Waals surface area contributed by atoms with Crippen molar-refractivity contribution < 1.29 is 19.6 Å². The van der Waals surface area contributed by atoms with Gasteiger partial charge >= 0.3 is 0 Å². The lowest BCUT2D eigenvalue weighted by atomic mass is 9.66. The topological polar surface area (TPSA) is 105 Å². The third kappa shape index (κ3) is 4.61. The van der Waals surface area contributed by atoms with Crippen molar-refractivity contribution in [2.24, 2.45) is 5.92 Å². The molecule has 2 N–H and O–H groups in total. The van der Waals surface area contributed by atoms with Crippen molar-refractivity contribution in [2.45, 2.75) is 43.7 Å². The molecule has 1 saturated heterocycles. The summed E-state index contributed by atoms with van der Waals surface area (Å²) in [6.45, 7) is 0.803. The number of nitro benzene ring substituents is 1. The van der Waals surface area contributed by atoms with E-state index in [1.54, 1.807) is 7.11 Å². The van der Waals surface area contributed by atoms with Crippen molar-refractivity contribution in [2.75, 3.05) is 25.5 Å². The smallest absolute Gasteiger partial charge is 0.269 e. The zero-order valence-electron chi connectivity index (χ0n) is 18.2. The van der Waals surface area contributed by atoms with E-state index in [1.807, 2.05) is 24.3 Å². The van der Waals surface area contributed by atoms with Crippen molar-refractivity contribution >= 4 is 17.3 Å². The van der Waals surface area contributed by atoms with Crippen LogP contribution in [0.2, 0.25) is 0 Å². The van der Waals surface area contributed by atoms with Crippen LogP contribution in [0, 0.1) is 16.0 Å². The summed E-state index contributed by atoms with van der Waals surface area (Å²) in [6.07, 6.45) is 4.47. The van der Waals surface area contributed by atoms with E-state index in [-0.39, 0.29) is 30.1 Å². The minimum Gasteiger partial charge on any atom is -0.497 e. The molecule has 0 radical (unpaired) electrons. The van der Waals surface area contributed by atoms with Crippen LogP contribution in [-0.2, 0) is 4.79 Å². The first kappa shape index (κ1) is 22.2. The molecule has 1 aliphatic carbocycles. The van der Waals surface area contributed by atoms with Gasteiger partial charge in [-0.2, -0.15) is 0 Å². The van der Waals surface area contributed by atoms with Gasteiger partial charge in [0.25, 0.3) is 5.69 Å². The number of nitrogens with one attached hydrogen (secondary N) is 1. The van der Waals surface area contributed by atoms with Crippen LogP contribution in [0.25, 0.3) is 0 Å². The lowest BCUT2D eigenvalue weighted by molar-refractivity contribution is -0.384. The quantitative estimate of drug-likeness (QED) is 0.522. The molecule has 1 aliphatic heterocycles. The fourth-order valence-corrected chi connectivity index (χ4v) is 5.22. The van der Waals surface area contributed by atoms with Gasteiger partial charge in [0.05, 0.1) is 24.2 Å². The maximum absolute atomic E-state index is 12.8. The van der Waals surface area contributed by atoms with Crippen molar-refractivity contribution in [1.29, 1.82) is 0 Å². The van der Waals surface area contributed by atoms with Crippen LogP contribution >= 0.6 is 0 Å². The number of nitrogens with zero attached hydrogens (tertiary/aromatic N) is 2. The van der Waals surface area contributed by atoms with E-state index in [0.29, 0.717) is 18.7 Å². The van der Waals surface area contributed by atoms with Gasteiger partial charge in [0.2, 0.25) is 5.91 Å². The van der Waals surface area contributed by atoms with Gasteiger partial charge in [-0.25, -0.2) is 0 Å². The number of aliphatic hydroxyl groups is 1. The molecule has 2 aromatic carbocycles. The molecule has 8 heteroatoms. The molecule has 0 unspecified atom stereocenters. The molecule has 2 aliphatic rings. The highest BCUT2D eigenvalue weighted by atomic mass is 16.6. The van der Waals surface area contributed by atoms with Gasteiger partial charge in [-0.3, -0.25) is 19.8 Å². The molecule has 1 heterocycles. The zero-order valence-corrected chi connectivity index (χ0v) is 18.2. The molecule has 2 aromatic rings. The van der Waals surface area contributed by atoms with Crippen LogP contribution in [0.3, 0.4) is 0 Å². The molecule has 0 aromatic heterocycles. The van der Waals surface area contributed by atoms with Gasteiger partial charge in [-0.15, -0.1) is 0 Å². The highest BCUT2D eigenvalue weighted by Crippen LogP contribution is 2.49. The average molecular weight is 440 g/mol. The van der Waals surface area contributed by atoms with E-state index >= 15 is 0 Å². The monoisotopic (exact) mass is 439 g/mol. The number of anilines is 1. The Labute approximate surface area is 187 Å². The molecule has 1 saturated carbocycles. The molecule has 8 nitrogen and oxygen atoms in total. The van der Waals surface area contributed by atoms with Crippen LogP contribution < -0.4 is 10.1 Å².